The van der Waals surface area contributed by atoms with Crippen LogP contribution in [0.3, 0.4) is 0 Å². The van der Waals surface area contributed by atoms with E-state index in [1.165, 1.54) is 0 Å². The van der Waals surface area contributed by atoms with E-state index in [1.807, 2.05) is 0 Å². The normalized spacial score (nSPS) is 24.5. The zero-order valence-electron chi connectivity index (χ0n) is 23.5. The molecule has 0 radical (unpaired) electrons. The second kappa shape index (κ2) is 10.1. The van der Waals surface area contributed by atoms with Crippen LogP contribution in [0.15, 0.2) is 18.2 Å². The molecule has 2 aromatic heterocycles. The first-order valence-electron chi connectivity index (χ1n) is 14.9. The Kier molecular flexibility index (Phi) is 6.44. The summed E-state index contributed by atoms with van der Waals surface area (Å²) in [6.45, 7) is 2.22. The SMILES string of the molecule is Nc1nc2c(-c3c(C(F)(F)F)cc4c(OC5CC6CC[C@H]5N6)nc(OCC56CCCN5CCC6)nc4c3F)ccc(F)c2s1. The molecule has 2 aromatic carbocycles. The van der Waals surface area contributed by atoms with Crippen molar-refractivity contribution in [3.63, 3.8) is 0 Å². The smallest absolute Gasteiger partial charge is 0.417 e. The molecule has 2 unspecified atom stereocenters. The third kappa shape index (κ3) is 4.47. The first-order chi connectivity index (χ1) is 21.1. The van der Waals surface area contributed by atoms with Crippen LogP contribution in [0.5, 0.6) is 11.9 Å². The molecule has 0 spiro atoms. The lowest BCUT2D eigenvalue weighted by Gasteiger charge is -2.31. The number of nitrogen functional groups attached to an aromatic ring is 1. The minimum Gasteiger partial charge on any atom is -0.472 e. The summed E-state index contributed by atoms with van der Waals surface area (Å²) in [5, 5.41) is 3.17. The summed E-state index contributed by atoms with van der Waals surface area (Å²) in [5.74, 6) is -2.12. The van der Waals surface area contributed by atoms with Gasteiger partial charge in [-0.25, -0.2) is 13.8 Å². The third-order valence-electron chi connectivity index (χ3n) is 9.75. The fraction of sp³-hybridized carbons (Fsp3) is 0.500. The molecule has 44 heavy (non-hydrogen) atoms. The Morgan fingerprint density at radius 2 is 1.86 bits per heavy atom. The quantitative estimate of drug-likeness (QED) is 0.248. The Hall–Kier alpha value is -3.36. The molecule has 3 atom stereocenters. The van der Waals surface area contributed by atoms with E-state index in [2.05, 4.69) is 25.2 Å². The molecule has 4 fully saturated rings. The van der Waals surface area contributed by atoms with Crippen LogP contribution in [0, 0.1) is 11.6 Å². The number of nitrogens with two attached hydrogens (primary N) is 1. The van der Waals surface area contributed by atoms with Gasteiger partial charge in [-0.15, -0.1) is 0 Å². The second-order valence-corrected chi connectivity index (χ2v) is 13.3. The van der Waals surface area contributed by atoms with Crippen molar-refractivity contribution >= 4 is 37.6 Å². The highest BCUT2D eigenvalue weighted by Crippen LogP contribution is 2.47. The van der Waals surface area contributed by atoms with E-state index in [-0.39, 0.29) is 74.0 Å². The number of hydrogen-bond acceptors (Lipinski definition) is 9. The van der Waals surface area contributed by atoms with Gasteiger partial charge in [0.25, 0.3) is 0 Å². The minimum absolute atomic E-state index is 0.0210. The molecule has 4 aliphatic heterocycles. The molecule has 6 heterocycles. The summed E-state index contributed by atoms with van der Waals surface area (Å²) in [7, 11) is 0. The van der Waals surface area contributed by atoms with Crippen LogP contribution >= 0.6 is 11.3 Å². The molecule has 3 N–H and O–H groups in total. The number of rotatable bonds is 6. The first kappa shape index (κ1) is 28.1. The molecule has 0 saturated carbocycles. The summed E-state index contributed by atoms with van der Waals surface area (Å²) in [5.41, 5.74) is 2.77. The number of benzene rings is 2. The van der Waals surface area contributed by atoms with E-state index < -0.39 is 28.9 Å². The number of anilines is 1. The van der Waals surface area contributed by atoms with Crippen LogP contribution in [-0.4, -0.2) is 63.3 Å². The summed E-state index contributed by atoms with van der Waals surface area (Å²) in [4.78, 5) is 15.2. The van der Waals surface area contributed by atoms with Crippen LogP contribution in [0.4, 0.5) is 27.1 Å². The first-order valence-corrected chi connectivity index (χ1v) is 15.7. The highest BCUT2D eigenvalue weighted by atomic mass is 32.1. The van der Waals surface area contributed by atoms with E-state index >= 15 is 4.39 Å². The van der Waals surface area contributed by atoms with Crippen molar-refractivity contribution in [3.8, 4) is 23.0 Å². The van der Waals surface area contributed by atoms with Gasteiger partial charge in [-0.05, 0) is 69.8 Å². The fourth-order valence-electron chi connectivity index (χ4n) is 7.72. The number of nitrogens with one attached hydrogen (secondary N) is 1. The number of nitrogens with zero attached hydrogens (tertiary/aromatic N) is 4. The number of aromatic nitrogens is 3. The molecule has 4 aliphatic rings. The Morgan fingerprint density at radius 3 is 2.57 bits per heavy atom. The van der Waals surface area contributed by atoms with Crippen molar-refractivity contribution in [1.82, 2.24) is 25.2 Å². The van der Waals surface area contributed by atoms with Gasteiger partial charge in [0, 0.05) is 29.6 Å². The monoisotopic (exact) mass is 632 g/mol. The molecule has 8 rings (SSSR count). The van der Waals surface area contributed by atoms with Crippen LogP contribution in [0.25, 0.3) is 32.2 Å². The molecule has 0 amide bonds. The Labute approximate surface area is 252 Å². The number of ether oxygens (including phenoxy) is 2. The van der Waals surface area contributed by atoms with E-state index in [0.717, 1.165) is 81.2 Å². The summed E-state index contributed by atoms with van der Waals surface area (Å²) < 4.78 is 87.6. The van der Waals surface area contributed by atoms with Gasteiger partial charge in [-0.3, -0.25) is 4.90 Å². The number of hydrogen-bond donors (Lipinski definition) is 2. The Morgan fingerprint density at radius 1 is 1.07 bits per heavy atom. The molecule has 8 nitrogen and oxygen atoms in total. The van der Waals surface area contributed by atoms with Crippen molar-refractivity contribution < 1.29 is 31.4 Å². The average molecular weight is 633 g/mol. The molecule has 4 saturated heterocycles. The zero-order chi connectivity index (χ0) is 30.4. The van der Waals surface area contributed by atoms with E-state index in [0.29, 0.717) is 6.42 Å². The van der Waals surface area contributed by atoms with Gasteiger partial charge in [0.05, 0.1) is 26.7 Å². The zero-order valence-corrected chi connectivity index (χ0v) is 24.3. The van der Waals surface area contributed by atoms with Gasteiger partial charge in [0.2, 0.25) is 5.88 Å². The minimum atomic E-state index is -4.99. The summed E-state index contributed by atoms with van der Waals surface area (Å²) >= 11 is 0.777. The van der Waals surface area contributed by atoms with Gasteiger partial charge >= 0.3 is 12.2 Å². The highest BCUT2D eigenvalue weighted by molar-refractivity contribution is 7.22. The Balaban J connectivity index is 1.30. The van der Waals surface area contributed by atoms with Gasteiger partial charge in [0.1, 0.15) is 24.0 Å². The predicted octanol–water partition coefficient (Wildman–Crippen LogP) is 6.06. The van der Waals surface area contributed by atoms with E-state index in [9.17, 15) is 17.6 Å². The standard InChI is InChI=1S/C30H29F5N6O2S/c31-18-5-4-15(24-25(18)44-27(36)38-24)21-17(30(33,34)35)12-16-23(22(21)32)39-28(42-13-29-7-1-9-41(29)10-2-8-29)40-26(16)43-20-11-14-3-6-19(20)37-14/h4-5,12,14,19-20,37H,1-3,6-11,13H2,(H2,36,38)/t14?,19-,20?/m1/s1. The molecule has 0 aliphatic carbocycles. The highest BCUT2D eigenvalue weighted by Gasteiger charge is 2.46. The van der Waals surface area contributed by atoms with Crippen molar-refractivity contribution in [2.24, 2.45) is 0 Å². The predicted molar refractivity (Wildman–Crippen MR) is 155 cm³/mol. The number of alkyl halides is 3. The van der Waals surface area contributed by atoms with E-state index in [4.69, 9.17) is 15.2 Å². The second-order valence-electron chi connectivity index (χ2n) is 12.3. The molecule has 14 heteroatoms. The lowest BCUT2D eigenvalue weighted by Crippen LogP contribution is -2.43. The van der Waals surface area contributed by atoms with Gasteiger partial charge < -0.3 is 20.5 Å². The fourth-order valence-corrected chi connectivity index (χ4v) is 8.49. The molecular weight excluding hydrogens is 603 g/mol. The maximum atomic E-state index is 16.7. The van der Waals surface area contributed by atoms with Gasteiger partial charge in [0.15, 0.2) is 10.9 Å². The van der Waals surface area contributed by atoms with Crippen LogP contribution in [-0.2, 0) is 6.18 Å². The van der Waals surface area contributed by atoms with Crippen LogP contribution < -0.4 is 20.5 Å². The van der Waals surface area contributed by atoms with Crippen molar-refractivity contribution in [1.29, 1.82) is 0 Å². The lowest BCUT2D eigenvalue weighted by molar-refractivity contribution is -0.137. The molecule has 4 aromatic rings. The summed E-state index contributed by atoms with van der Waals surface area (Å²) in [6, 6.07) is 2.99. The lowest BCUT2D eigenvalue weighted by atomic mass is 9.95. The van der Waals surface area contributed by atoms with Crippen molar-refractivity contribution in [2.75, 3.05) is 25.4 Å². The van der Waals surface area contributed by atoms with Crippen LogP contribution in [0.1, 0.15) is 50.5 Å². The van der Waals surface area contributed by atoms with Crippen molar-refractivity contribution in [2.45, 2.75) is 74.8 Å². The maximum Gasteiger partial charge on any atom is 0.417 e. The molecular formula is C30H29F5N6O2S. The average Bonchev–Trinajstić information content (AvgIpc) is 3.79. The maximum absolute atomic E-state index is 16.7. The van der Waals surface area contributed by atoms with E-state index in [1.54, 1.807) is 0 Å². The largest absolute Gasteiger partial charge is 0.472 e. The topological polar surface area (TPSA) is 98.4 Å². The number of halogens is 5. The molecule has 2 bridgehead atoms. The third-order valence-corrected chi connectivity index (χ3v) is 10.6. The van der Waals surface area contributed by atoms with Gasteiger partial charge in [-0.1, -0.05) is 11.3 Å². The van der Waals surface area contributed by atoms with Gasteiger partial charge in [-0.2, -0.15) is 23.1 Å². The summed E-state index contributed by atoms with van der Waals surface area (Å²) in [6.07, 6.45) is 1.17. The Bertz CT molecular complexity index is 1790. The molecule has 232 valence electrons. The number of thiazole rings is 1. The van der Waals surface area contributed by atoms with Crippen LogP contribution in [0.2, 0.25) is 0 Å². The number of fused-ring (bicyclic) bond motifs is 5. The van der Waals surface area contributed by atoms with Crippen molar-refractivity contribution in [3.05, 3.63) is 35.4 Å².